The van der Waals surface area contributed by atoms with Gasteiger partial charge in [-0.2, -0.15) is 5.10 Å². The minimum absolute atomic E-state index is 0.0926. The zero-order valence-electron chi connectivity index (χ0n) is 14.7. The van der Waals surface area contributed by atoms with Crippen LogP contribution in [0.1, 0.15) is 16.8 Å². The molecule has 3 aromatic rings. The Hall–Kier alpha value is -3.13. The van der Waals surface area contributed by atoms with Gasteiger partial charge in [-0.3, -0.25) is 10.00 Å². The summed E-state index contributed by atoms with van der Waals surface area (Å²) in [4.78, 5) is 10.8. The Bertz CT molecular complexity index is 1020. The Morgan fingerprint density at radius 3 is 2.71 bits per heavy atom. The lowest BCUT2D eigenvalue weighted by atomic mass is 10.2. The maximum Gasteiger partial charge on any atom is 0.410 e. The minimum Gasteiger partial charge on any atom is -0.488 e. The van der Waals surface area contributed by atoms with Crippen LogP contribution in [0, 0.1) is 18.6 Å². The zero-order chi connectivity index (χ0) is 20.3. The van der Waals surface area contributed by atoms with Gasteiger partial charge in [-0.05, 0) is 37.3 Å². The average Bonchev–Trinajstić information content (AvgIpc) is 2.94. The van der Waals surface area contributed by atoms with Crippen molar-refractivity contribution in [3.05, 3.63) is 75.9 Å². The van der Waals surface area contributed by atoms with Crippen molar-refractivity contribution < 1.29 is 23.4 Å². The highest BCUT2D eigenvalue weighted by Gasteiger charge is 2.12. The van der Waals surface area contributed by atoms with Crippen LogP contribution in [0.5, 0.6) is 5.75 Å². The number of nitrogens with zero attached hydrogens (tertiary/aromatic N) is 2. The molecule has 146 valence electrons. The lowest BCUT2D eigenvalue weighted by Crippen LogP contribution is -2.10. The van der Waals surface area contributed by atoms with E-state index in [1.54, 1.807) is 35.9 Å². The fraction of sp³-hybridized carbons (Fsp3) is 0.158. The van der Waals surface area contributed by atoms with Gasteiger partial charge in [0.1, 0.15) is 24.0 Å². The number of anilines is 1. The maximum absolute atomic E-state index is 13.8. The third-order valence-corrected chi connectivity index (χ3v) is 4.19. The topological polar surface area (TPSA) is 76.4 Å². The molecular formula is C19H16ClF2N3O3. The van der Waals surface area contributed by atoms with Crippen molar-refractivity contribution in [2.24, 2.45) is 0 Å². The number of nitrogens with one attached hydrogen (secondary N) is 1. The molecule has 0 aliphatic rings. The molecule has 0 saturated carbocycles. The van der Waals surface area contributed by atoms with Crippen LogP contribution in [-0.2, 0) is 13.2 Å². The highest BCUT2D eigenvalue weighted by atomic mass is 35.5. The number of carbonyl (C=O) groups is 1. The molecule has 0 aliphatic heterocycles. The molecule has 0 atom stereocenters. The van der Waals surface area contributed by atoms with Crippen LogP contribution < -0.4 is 10.1 Å². The summed E-state index contributed by atoms with van der Waals surface area (Å²) in [5.41, 5.74) is 1.60. The van der Waals surface area contributed by atoms with Gasteiger partial charge in [-0.1, -0.05) is 11.6 Å². The van der Waals surface area contributed by atoms with Crippen molar-refractivity contribution >= 4 is 23.5 Å². The van der Waals surface area contributed by atoms with E-state index in [-0.39, 0.29) is 24.5 Å². The van der Waals surface area contributed by atoms with E-state index >= 15 is 0 Å². The molecule has 9 heteroatoms. The molecule has 0 spiro atoms. The second-order valence-corrected chi connectivity index (χ2v) is 6.47. The van der Waals surface area contributed by atoms with Crippen molar-refractivity contribution in [2.45, 2.75) is 20.1 Å². The number of hydrogen-bond donors (Lipinski definition) is 2. The van der Waals surface area contributed by atoms with Gasteiger partial charge in [0.15, 0.2) is 5.82 Å². The molecule has 0 bridgehead atoms. The number of rotatable bonds is 6. The molecule has 3 rings (SSSR count). The Balaban J connectivity index is 1.81. The van der Waals surface area contributed by atoms with Gasteiger partial charge in [-0.25, -0.2) is 13.6 Å². The fourth-order valence-electron chi connectivity index (χ4n) is 2.61. The smallest absolute Gasteiger partial charge is 0.410 e. The van der Waals surface area contributed by atoms with E-state index in [4.69, 9.17) is 21.4 Å². The first-order valence-electron chi connectivity index (χ1n) is 8.21. The molecule has 6 nitrogen and oxygen atoms in total. The Morgan fingerprint density at radius 1 is 1.21 bits per heavy atom. The first kappa shape index (κ1) is 19.6. The molecule has 1 amide bonds. The number of hydrogen-bond acceptors (Lipinski definition) is 3. The number of benzene rings is 2. The monoisotopic (exact) mass is 407 g/mol. The average molecular weight is 408 g/mol. The third kappa shape index (κ3) is 4.77. The van der Waals surface area contributed by atoms with Gasteiger partial charge in [-0.15, -0.1) is 0 Å². The van der Waals surface area contributed by atoms with E-state index in [9.17, 15) is 13.6 Å². The molecule has 28 heavy (non-hydrogen) atoms. The molecule has 0 unspecified atom stereocenters. The van der Waals surface area contributed by atoms with Gasteiger partial charge in [0.2, 0.25) is 0 Å². The highest BCUT2D eigenvalue weighted by Crippen LogP contribution is 2.26. The normalized spacial score (nSPS) is 10.7. The fourth-order valence-corrected chi connectivity index (χ4v) is 2.80. The quantitative estimate of drug-likeness (QED) is 0.613. The van der Waals surface area contributed by atoms with E-state index in [0.717, 1.165) is 17.8 Å². The molecule has 2 aromatic carbocycles. The van der Waals surface area contributed by atoms with Gasteiger partial charge in [0.25, 0.3) is 0 Å². The van der Waals surface area contributed by atoms with Gasteiger partial charge in [0.05, 0.1) is 6.54 Å². The first-order chi connectivity index (χ1) is 13.3. The summed E-state index contributed by atoms with van der Waals surface area (Å²) in [6, 6.07) is 9.83. The minimum atomic E-state index is -1.21. The predicted octanol–water partition coefficient (Wildman–Crippen LogP) is 4.84. The van der Waals surface area contributed by atoms with Crippen molar-refractivity contribution in [3.8, 4) is 5.75 Å². The summed E-state index contributed by atoms with van der Waals surface area (Å²) in [7, 11) is 0. The van der Waals surface area contributed by atoms with E-state index in [1.165, 1.54) is 6.07 Å². The number of amides is 1. The summed E-state index contributed by atoms with van der Waals surface area (Å²) >= 11 is 6.08. The van der Waals surface area contributed by atoms with E-state index in [2.05, 4.69) is 10.4 Å². The van der Waals surface area contributed by atoms with Crippen LogP contribution in [0.3, 0.4) is 0 Å². The van der Waals surface area contributed by atoms with E-state index in [0.29, 0.717) is 16.3 Å². The second-order valence-electron chi connectivity index (χ2n) is 6.04. The molecule has 2 N–H and O–H groups in total. The van der Waals surface area contributed by atoms with Crippen molar-refractivity contribution in [3.63, 3.8) is 0 Å². The van der Waals surface area contributed by atoms with Crippen LogP contribution in [-0.4, -0.2) is 21.0 Å². The summed E-state index contributed by atoms with van der Waals surface area (Å²) in [5, 5.41) is 15.7. The second kappa shape index (κ2) is 8.26. The zero-order valence-corrected chi connectivity index (χ0v) is 15.5. The Labute approximate surface area is 164 Å². The SMILES string of the molecule is Cc1cc(NC(=O)O)nn1Cc1cc(Cl)ccc1OCc1ccc(F)cc1F. The number of halogens is 3. The third-order valence-electron chi connectivity index (χ3n) is 3.96. The number of ether oxygens (including phenoxy) is 1. The van der Waals surface area contributed by atoms with Crippen LogP contribution >= 0.6 is 11.6 Å². The Kier molecular flexibility index (Phi) is 5.79. The van der Waals surface area contributed by atoms with Crippen molar-refractivity contribution in [2.75, 3.05) is 5.32 Å². The molecule has 0 aliphatic carbocycles. The van der Waals surface area contributed by atoms with Gasteiger partial charge >= 0.3 is 6.09 Å². The van der Waals surface area contributed by atoms with Gasteiger partial charge < -0.3 is 9.84 Å². The number of aromatic nitrogens is 2. The predicted molar refractivity (Wildman–Crippen MR) is 99.9 cm³/mol. The Morgan fingerprint density at radius 2 is 2.00 bits per heavy atom. The summed E-state index contributed by atoms with van der Waals surface area (Å²) in [6.45, 7) is 1.94. The standard InChI is InChI=1S/C19H16ClF2N3O3/c1-11-6-18(23-19(26)27)24-25(11)9-13-7-14(20)3-5-17(13)28-10-12-2-4-15(21)8-16(12)22/h2-8H,9-10H2,1H3,(H,23,24)(H,26,27). The molecule has 0 radical (unpaired) electrons. The largest absolute Gasteiger partial charge is 0.488 e. The van der Waals surface area contributed by atoms with E-state index in [1.807, 2.05) is 0 Å². The molecule has 0 saturated heterocycles. The molecule has 0 fully saturated rings. The molecule has 1 aromatic heterocycles. The number of aryl methyl sites for hydroxylation is 1. The first-order valence-corrected chi connectivity index (χ1v) is 8.59. The van der Waals surface area contributed by atoms with Gasteiger partial charge in [0, 0.05) is 34.0 Å². The summed E-state index contributed by atoms with van der Waals surface area (Å²) in [6.07, 6.45) is -1.21. The molecule has 1 heterocycles. The molecular weight excluding hydrogens is 392 g/mol. The van der Waals surface area contributed by atoms with Crippen LogP contribution in [0.25, 0.3) is 0 Å². The van der Waals surface area contributed by atoms with Crippen LogP contribution in [0.15, 0.2) is 42.5 Å². The lowest BCUT2D eigenvalue weighted by molar-refractivity contribution is 0.209. The van der Waals surface area contributed by atoms with Crippen molar-refractivity contribution in [1.29, 1.82) is 0 Å². The summed E-state index contributed by atoms with van der Waals surface area (Å²) in [5.74, 6) is -0.699. The highest BCUT2D eigenvalue weighted by molar-refractivity contribution is 6.30. The van der Waals surface area contributed by atoms with E-state index < -0.39 is 17.7 Å². The van der Waals surface area contributed by atoms with Crippen LogP contribution in [0.4, 0.5) is 19.4 Å². The van der Waals surface area contributed by atoms with Crippen LogP contribution in [0.2, 0.25) is 5.02 Å². The van der Waals surface area contributed by atoms with Crippen molar-refractivity contribution in [1.82, 2.24) is 9.78 Å². The number of carboxylic acid groups (broad SMARTS) is 1. The summed E-state index contributed by atoms with van der Waals surface area (Å²) < 4.78 is 34.1. The maximum atomic E-state index is 13.8. The lowest BCUT2D eigenvalue weighted by Gasteiger charge is -2.13.